The molecule has 0 aromatic rings. The third kappa shape index (κ3) is 25.0. The Labute approximate surface area is 215 Å². The van der Waals surface area contributed by atoms with Gasteiger partial charge in [-0.3, -0.25) is 4.90 Å². The molecular weight excluding hydrogens is 442 g/mol. The largest absolute Gasteiger partial charge is 0.314 e. The Morgan fingerprint density at radius 2 is 0.629 bits per heavy atom. The molecular formula is C24H59N11. The molecule has 0 unspecified atom stereocenters. The molecule has 0 saturated carbocycles. The van der Waals surface area contributed by atoms with Gasteiger partial charge in [-0.05, 0) is 13.0 Å². The van der Waals surface area contributed by atoms with Crippen molar-refractivity contribution < 1.29 is 0 Å². The molecule has 0 spiro atoms. The molecule has 1 rings (SSSR count). The first kappa shape index (κ1) is 32.6. The van der Waals surface area contributed by atoms with E-state index in [4.69, 9.17) is 0 Å². The standard InChI is InChI=1S/C24H59N11/c1-2-22-35-23-21-33-18-17-31-14-13-29-10-9-27-6-5-25-3-4-26-7-8-28-11-12-30-15-16-32-19-20-34-24-35/h25-34H,2-24H2,1H3. The molecule has 35 heavy (non-hydrogen) atoms. The fourth-order valence-corrected chi connectivity index (χ4v) is 3.78. The van der Waals surface area contributed by atoms with Crippen LogP contribution in [-0.4, -0.2) is 149 Å². The molecule has 0 aromatic heterocycles. The van der Waals surface area contributed by atoms with E-state index in [1.54, 1.807) is 0 Å². The van der Waals surface area contributed by atoms with Crippen LogP contribution in [0.2, 0.25) is 0 Å². The van der Waals surface area contributed by atoms with E-state index in [0.29, 0.717) is 0 Å². The molecule has 1 heterocycles. The second kappa shape index (κ2) is 28.1. The lowest BCUT2D eigenvalue weighted by Gasteiger charge is -2.22. The maximum absolute atomic E-state index is 3.58. The van der Waals surface area contributed by atoms with Gasteiger partial charge in [-0.1, -0.05) is 6.92 Å². The molecule has 1 aliphatic heterocycles. The first-order valence-corrected chi connectivity index (χ1v) is 14.2. The summed E-state index contributed by atoms with van der Waals surface area (Å²) in [6.45, 7) is 24.8. The second-order valence-electron chi connectivity index (χ2n) is 9.03. The van der Waals surface area contributed by atoms with Gasteiger partial charge in [-0.15, -0.1) is 0 Å². The van der Waals surface area contributed by atoms with Crippen LogP contribution in [0.25, 0.3) is 0 Å². The Morgan fingerprint density at radius 1 is 0.371 bits per heavy atom. The van der Waals surface area contributed by atoms with Crippen LogP contribution in [0.3, 0.4) is 0 Å². The zero-order chi connectivity index (χ0) is 24.9. The first-order chi connectivity index (χ1) is 17.4. The lowest BCUT2D eigenvalue weighted by molar-refractivity contribution is 0.253. The van der Waals surface area contributed by atoms with Crippen molar-refractivity contribution in [3.05, 3.63) is 0 Å². The van der Waals surface area contributed by atoms with Crippen LogP contribution in [0.15, 0.2) is 0 Å². The van der Waals surface area contributed by atoms with Crippen molar-refractivity contribution in [3.8, 4) is 0 Å². The molecule has 1 fully saturated rings. The minimum Gasteiger partial charge on any atom is -0.314 e. The molecule has 0 atom stereocenters. The lowest BCUT2D eigenvalue weighted by Crippen LogP contribution is -2.42. The van der Waals surface area contributed by atoms with Gasteiger partial charge in [-0.2, -0.15) is 0 Å². The summed E-state index contributed by atoms with van der Waals surface area (Å²) in [7, 11) is 0. The minimum absolute atomic E-state index is 0.964. The molecule has 1 saturated heterocycles. The highest BCUT2D eigenvalue weighted by atomic mass is 15.2. The minimum atomic E-state index is 0.964. The van der Waals surface area contributed by atoms with Crippen LogP contribution in [0.5, 0.6) is 0 Å². The van der Waals surface area contributed by atoms with Gasteiger partial charge < -0.3 is 53.2 Å². The maximum atomic E-state index is 3.58. The Hall–Kier alpha value is -0.440. The third-order valence-corrected chi connectivity index (χ3v) is 5.79. The van der Waals surface area contributed by atoms with Gasteiger partial charge in [0, 0.05) is 138 Å². The highest BCUT2D eigenvalue weighted by Gasteiger charge is 2.02. The van der Waals surface area contributed by atoms with Gasteiger partial charge in [0.15, 0.2) is 0 Å². The van der Waals surface area contributed by atoms with Crippen molar-refractivity contribution in [3.63, 3.8) is 0 Å². The normalized spacial score (nSPS) is 23.6. The van der Waals surface area contributed by atoms with Crippen molar-refractivity contribution in [2.75, 3.05) is 144 Å². The topological polar surface area (TPSA) is 124 Å². The summed E-state index contributed by atoms with van der Waals surface area (Å²) in [6.07, 6.45) is 1.19. The Balaban J connectivity index is 2.13. The van der Waals surface area contributed by atoms with E-state index in [1.165, 1.54) is 6.42 Å². The van der Waals surface area contributed by atoms with E-state index >= 15 is 0 Å². The molecule has 11 heteroatoms. The summed E-state index contributed by atoms with van der Waals surface area (Å²) in [6, 6.07) is 0. The molecule has 1 aliphatic rings. The molecule has 0 radical (unpaired) electrons. The summed E-state index contributed by atoms with van der Waals surface area (Å²) in [5.41, 5.74) is 0. The summed E-state index contributed by atoms with van der Waals surface area (Å²) in [5.74, 6) is 0. The Bertz CT molecular complexity index is 372. The number of hydrogen-bond acceptors (Lipinski definition) is 11. The molecule has 0 aliphatic carbocycles. The van der Waals surface area contributed by atoms with E-state index < -0.39 is 0 Å². The molecule has 0 bridgehead atoms. The molecule has 10 N–H and O–H groups in total. The van der Waals surface area contributed by atoms with Gasteiger partial charge in [0.05, 0.1) is 0 Å². The van der Waals surface area contributed by atoms with Crippen molar-refractivity contribution in [1.82, 2.24) is 58.1 Å². The summed E-state index contributed by atoms with van der Waals surface area (Å²) < 4.78 is 0. The van der Waals surface area contributed by atoms with Crippen LogP contribution in [0.1, 0.15) is 13.3 Å². The fourth-order valence-electron chi connectivity index (χ4n) is 3.78. The SMILES string of the molecule is CCCN1CCNCCNCCNCCNCCNCCNCCNCCNCCNCCNC1. The monoisotopic (exact) mass is 501 g/mol. The first-order valence-electron chi connectivity index (χ1n) is 14.2. The van der Waals surface area contributed by atoms with Gasteiger partial charge in [0.25, 0.3) is 0 Å². The van der Waals surface area contributed by atoms with Crippen LogP contribution in [0, 0.1) is 0 Å². The van der Waals surface area contributed by atoms with E-state index in [0.717, 1.165) is 144 Å². The second-order valence-corrected chi connectivity index (χ2v) is 9.03. The third-order valence-electron chi connectivity index (χ3n) is 5.79. The zero-order valence-electron chi connectivity index (χ0n) is 22.7. The maximum Gasteiger partial charge on any atom is 0.0481 e. The fraction of sp³-hybridized carbons (Fsp3) is 1.00. The number of hydrogen-bond donors (Lipinski definition) is 10. The molecule has 210 valence electrons. The molecule has 0 aromatic carbocycles. The van der Waals surface area contributed by atoms with Gasteiger partial charge in [0.2, 0.25) is 0 Å². The van der Waals surface area contributed by atoms with Gasteiger partial charge in [-0.25, -0.2) is 0 Å². The predicted molar refractivity (Wildman–Crippen MR) is 151 cm³/mol. The van der Waals surface area contributed by atoms with Crippen LogP contribution in [-0.2, 0) is 0 Å². The highest BCUT2D eigenvalue weighted by Crippen LogP contribution is 1.88. The number of nitrogens with one attached hydrogen (secondary N) is 10. The number of nitrogens with zero attached hydrogens (tertiary/aromatic N) is 1. The van der Waals surface area contributed by atoms with Crippen LogP contribution >= 0.6 is 0 Å². The van der Waals surface area contributed by atoms with Crippen molar-refractivity contribution in [2.24, 2.45) is 0 Å². The van der Waals surface area contributed by atoms with Crippen molar-refractivity contribution in [1.29, 1.82) is 0 Å². The lowest BCUT2D eigenvalue weighted by atomic mass is 10.4. The van der Waals surface area contributed by atoms with E-state index in [2.05, 4.69) is 65.0 Å². The molecule has 0 amide bonds. The average Bonchev–Trinajstić information content (AvgIpc) is 2.86. The average molecular weight is 502 g/mol. The Kier molecular flexibility index (Phi) is 26.2. The zero-order valence-corrected chi connectivity index (χ0v) is 22.7. The number of rotatable bonds is 2. The van der Waals surface area contributed by atoms with Crippen molar-refractivity contribution >= 4 is 0 Å². The van der Waals surface area contributed by atoms with E-state index in [1.807, 2.05) is 0 Å². The van der Waals surface area contributed by atoms with E-state index in [-0.39, 0.29) is 0 Å². The van der Waals surface area contributed by atoms with E-state index in [9.17, 15) is 0 Å². The van der Waals surface area contributed by atoms with Gasteiger partial charge in [0.1, 0.15) is 0 Å². The quantitative estimate of drug-likeness (QED) is 0.186. The summed E-state index contributed by atoms with van der Waals surface area (Å²) in [5, 5.41) is 35.1. The van der Waals surface area contributed by atoms with Crippen LogP contribution < -0.4 is 53.2 Å². The van der Waals surface area contributed by atoms with Crippen LogP contribution in [0.4, 0.5) is 0 Å². The summed E-state index contributed by atoms with van der Waals surface area (Å²) >= 11 is 0. The smallest absolute Gasteiger partial charge is 0.0481 e. The van der Waals surface area contributed by atoms with Gasteiger partial charge >= 0.3 is 0 Å². The highest BCUT2D eigenvalue weighted by molar-refractivity contribution is 4.63. The Morgan fingerprint density at radius 3 is 0.914 bits per heavy atom. The summed E-state index contributed by atoms with van der Waals surface area (Å²) in [4.78, 5) is 2.50. The molecule has 11 nitrogen and oxygen atoms in total. The predicted octanol–water partition coefficient (Wildman–Crippen LogP) is -3.43. The van der Waals surface area contributed by atoms with Crippen molar-refractivity contribution in [2.45, 2.75) is 13.3 Å².